The van der Waals surface area contributed by atoms with Crippen LogP contribution in [0, 0.1) is 6.92 Å². The fraction of sp³-hybridized carbons (Fsp3) is 0.0833. The van der Waals surface area contributed by atoms with E-state index in [0.717, 1.165) is 11.4 Å². The molecule has 2 aromatic rings. The van der Waals surface area contributed by atoms with Crippen LogP contribution in [0.2, 0.25) is 0 Å². The lowest BCUT2D eigenvalue weighted by atomic mass is 10.3. The third-order valence-corrected chi connectivity index (χ3v) is 2.42. The predicted molar refractivity (Wildman–Crippen MR) is 60.7 cm³/mol. The number of aromatic hydroxyl groups is 1. The highest BCUT2D eigenvalue weighted by molar-refractivity contribution is 5.93. The number of aromatic nitrogens is 1. The Kier molecular flexibility index (Phi) is 2.40. The Hall–Kier alpha value is -2.23. The standard InChI is InChI=1S/C12H12N2O2/c1-8-6-9(12(13)16)7-14(8)10-2-4-11(15)5-3-10/h2-7,15H,1H3,(H2,13,16). The Morgan fingerprint density at radius 2 is 1.94 bits per heavy atom. The number of nitrogens with two attached hydrogens (primary N) is 1. The molecule has 0 fully saturated rings. The van der Waals surface area contributed by atoms with Gasteiger partial charge in [0.2, 0.25) is 5.91 Å². The SMILES string of the molecule is Cc1cc(C(N)=O)cn1-c1ccc(O)cc1. The lowest BCUT2D eigenvalue weighted by Gasteiger charge is -2.05. The van der Waals surface area contributed by atoms with Gasteiger partial charge in [-0.25, -0.2) is 0 Å². The average molecular weight is 216 g/mol. The minimum absolute atomic E-state index is 0.212. The summed E-state index contributed by atoms with van der Waals surface area (Å²) in [7, 11) is 0. The Bertz CT molecular complexity index is 526. The molecule has 0 saturated carbocycles. The summed E-state index contributed by atoms with van der Waals surface area (Å²) < 4.78 is 1.85. The van der Waals surface area contributed by atoms with Crippen LogP contribution in [0.5, 0.6) is 5.75 Å². The zero-order valence-electron chi connectivity index (χ0n) is 8.84. The van der Waals surface area contributed by atoms with Crippen LogP contribution in [0.4, 0.5) is 0 Å². The van der Waals surface area contributed by atoms with E-state index in [1.165, 1.54) is 0 Å². The number of carbonyl (C=O) groups excluding carboxylic acids is 1. The van der Waals surface area contributed by atoms with E-state index in [0.29, 0.717) is 5.56 Å². The molecule has 0 spiro atoms. The van der Waals surface area contributed by atoms with E-state index >= 15 is 0 Å². The third kappa shape index (κ3) is 1.77. The molecule has 1 aromatic carbocycles. The molecule has 0 aliphatic heterocycles. The Labute approximate surface area is 92.9 Å². The smallest absolute Gasteiger partial charge is 0.250 e. The molecule has 2 rings (SSSR count). The lowest BCUT2D eigenvalue weighted by molar-refractivity contribution is 0.100. The molecule has 0 saturated heterocycles. The molecule has 0 aliphatic carbocycles. The molecular formula is C12H12N2O2. The largest absolute Gasteiger partial charge is 0.508 e. The molecule has 16 heavy (non-hydrogen) atoms. The molecule has 4 nitrogen and oxygen atoms in total. The number of carbonyl (C=O) groups is 1. The minimum atomic E-state index is -0.444. The van der Waals surface area contributed by atoms with Gasteiger partial charge in [0.25, 0.3) is 0 Å². The maximum Gasteiger partial charge on any atom is 0.250 e. The van der Waals surface area contributed by atoms with Crippen molar-refractivity contribution in [1.82, 2.24) is 4.57 Å². The molecule has 1 aromatic heterocycles. The van der Waals surface area contributed by atoms with E-state index in [1.807, 2.05) is 11.5 Å². The first-order valence-electron chi connectivity index (χ1n) is 4.86. The van der Waals surface area contributed by atoms with Crippen molar-refractivity contribution in [3.63, 3.8) is 0 Å². The molecule has 0 unspecified atom stereocenters. The summed E-state index contributed by atoms with van der Waals surface area (Å²) in [6.45, 7) is 1.89. The third-order valence-electron chi connectivity index (χ3n) is 2.42. The van der Waals surface area contributed by atoms with Gasteiger partial charge in [-0.15, -0.1) is 0 Å². The van der Waals surface area contributed by atoms with Crippen molar-refractivity contribution < 1.29 is 9.90 Å². The lowest BCUT2D eigenvalue weighted by Crippen LogP contribution is -2.09. The predicted octanol–water partition coefficient (Wildman–Crippen LogP) is 1.59. The van der Waals surface area contributed by atoms with Crippen molar-refractivity contribution in [3.05, 3.63) is 47.8 Å². The fourth-order valence-corrected chi connectivity index (χ4v) is 1.60. The van der Waals surface area contributed by atoms with E-state index in [4.69, 9.17) is 5.73 Å². The molecule has 0 bridgehead atoms. The molecule has 4 heteroatoms. The van der Waals surface area contributed by atoms with E-state index in [2.05, 4.69) is 0 Å². The van der Waals surface area contributed by atoms with Gasteiger partial charge in [-0.3, -0.25) is 4.79 Å². The first kappa shape index (κ1) is 10.3. The summed E-state index contributed by atoms with van der Waals surface area (Å²) in [5.74, 6) is -0.232. The van der Waals surface area contributed by atoms with E-state index < -0.39 is 5.91 Å². The van der Waals surface area contributed by atoms with E-state index in [1.54, 1.807) is 36.5 Å². The molecule has 0 aliphatic rings. The van der Waals surface area contributed by atoms with Crippen LogP contribution in [0.25, 0.3) is 5.69 Å². The highest BCUT2D eigenvalue weighted by Crippen LogP contribution is 2.17. The number of phenolic OH excluding ortho intramolecular Hbond substituents is 1. The van der Waals surface area contributed by atoms with Crippen LogP contribution in [-0.2, 0) is 0 Å². The first-order chi connectivity index (χ1) is 7.58. The summed E-state index contributed by atoms with van der Waals surface area (Å²) in [5, 5.41) is 9.18. The van der Waals surface area contributed by atoms with Gasteiger partial charge in [-0.05, 0) is 37.3 Å². The van der Waals surface area contributed by atoms with Gasteiger partial charge in [0, 0.05) is 17.6 Å². The van der Waals surface area contributed by atoms with Gasteiger partial charge in [-0.2, -0.15) is 0 Å². The molecule has 82 valence electrons. The normalized spacial score (nSPS) is 10.3. The van der Waals surface area contributed by atoms with Crippen LogP contribution in [-0.4, -0.2) is 15.6 Å². The fourth-order valence-electron chi connectivity index (χ4n) is 1.60. The molecular weight excluding hydrogens is 204 g/mol. The summed E-state index contributed by atoms with van der Waals surface area (Å²) in [6.07, 6.45) is 1.68. The second-order valence-electron chi connectivity index (χ2n) is 3.62. The van der Waals surface area contributed by atoms with Crippen molar-refractivity contribution in [1.29, 1.82) is 0 Å². The van der Waals surface area contributed by atoms with Crippen molar-refractivity contribution in [2.45, 2.75) is 6.92 Å². The summed E-state index contributed by atoms with van der Waals surface area (Å²) in [6, 6.07) is 8.47. The summed E-state index contributed by atoms with van der Waals surface area (Å²) >= 11 is 0. The Morgan fingerprint density at radius 3 is 2.44 bits per heavy atom. The van der Waals surface area contributed by atoms with Crippen LogP contribution >= 0.6 is 0 Å². The maximum absolute atomic E-state index is 11.0. The van der Waals surface area contributed by atoms with Gasteiger partial charge in [0.15, 0.2) is 0 Å². The average Bonchev–Trinajstić information content (AvgIpc) is 2.62. The number of amides is 1. The number of primary amides is 1. The summed E-state index contributed by atoms with van der Waals surface area (Å²) in [4.78, 5) is 11.0. The van der Waals surface area contributed by atoms with Gasteiger partial charge in [0.05, 0.1) is 5.56 Å². The number of hydrogen-bond donors (Lipinski definition) is 2. The zero-order chi connectivity index (χ0) is 11.7. The van der Waals surface area contributed by atoms with Crippen molar-refractivity contribution in [2.75, 3.05) is 0 Å². The first-order valence-corrected chi connectivity index (χ1v) is 4.86. The highest BCUT2D eigenvalue weighted by atomic mass is 16.3. The monoisotopic (exact) mass is 216 g/mol. The van der Waals surface area contributed by atoms with Gasteiger partial charge >= 0.3 is 0 Å². The number of benzene rings is 1. The van der Waals surface area contributed by atoms with Crippen molar-refractivity contribution in [3.8, 4) is 11.4 Å². The Balaban J connectivity index is 2.47. The number of aryl methyl sites for hydroxylation is 1. The molecule has 1 heterocycles. The van der Waals surface area contributed by atoms with Gasteiger partial charge in [0.1, 0.15) is 5.75 Å². The quantitative estimate of drug-likeness (QED) is 0.800. The topological polar surface area (TPSA) is 68.2 Å². The number of rotatable bonds is 2. The van der Waals surface area contributed by atoms with Crippen LogP contribution in [0.1, 0.15) is 16.1 Å². The molecule has 0 radical (unpaired) electrons. The number of nitrogens with zero attached hydrogens (tertiary/aromatic N) is 1. The Morgan fingerprint density at radius 1 is 1.31 bits per heavy atom. The zero-order valence-corrected chi connectivity index (χ0v) is 8.84. The highest BCUT2D eigenvalue weighted by Gasteiger charge is 2.07. The molecule has 1 amide bonds. The minimum Gasteiger partial charge on any atom is -0.508 e. The number of phenols is 1. The second kappa shape index (κ2) is 3.73. The maximum atomic E-state index is 11.0. The summed E-state index contributed by atoms with van der Waals surface area (Å²) in [5.41, 5.74) is 7.48. The van der Waals surface area contributed by atoms with Gasteiger partial charge in [-0.1, -0.05) is 0 Å². The number of hydrogen-bond acceptors (Lipinski definition) is 2. The van der Waals surface area contributed by atoms with Gasteiger partial charge < -0.3 is 15.4 Å². The molecule has 0 atom stereocenters. The van der Waals surface area contributed by atoms with Crippen LogP contribution < -0.4 is 5.73 Å². The van der Waals surface area contributed by atoms with Crippen molar-refractivity contribution >= 4 is 5.91 Å². The van der Waals surface area contributed by atoms with E-state index in [9.17, 15) is 9.90 Å². The van der Waals surface area contributed by atoms with Crippen LogP contribution in [0.15, 0.2) is 36.5 Å². The van der Waals surface area contributed by atoms with Crippen LogP contribution in [0.3, 0.4) is 0 Å². The van der Waals surface area contributed by atoms with Crippen molar-refractivity contribution in [2.24, 2.45) is 5.73 Å². The second-order valence-corrected chi connectivity index (χ2v) is 3.62. The molecule has 3 N–H and O–H groups in total. The van der Waals surface area contributed by atoms with E-state index in [-0.39, 0.29) is 5.75 Å².